The monoisotopic (exact) mass is 334 g/mol. The van der Waals surface area contributed by atoms with Crippen LogP contribution in [0.5, 0.6) is 0 Å². The quantitative estimate of drug-likeness (QED) is 0.592. The van der Waals surface area contributed by atoms with Crippen LogP contribution in [-0.2, 0) is 9.53 Å². The Hall–Kier alpha value is -0.340. The van der Waals surface area contributed by atoms with E-state index in [9.17, 15) is 4.79 Å². The van der Waals surface area contributed by atoms with Crippen LogP contribution in [0.2, 0.25) is 0 Å². The standard InChI is InChI=1S/C20H27ClO2/c1-11(21)14-3-4-15-12-8-10-20-16(5-6-17(22)18(20)23-20)13(12)7-9-19(14,15)2/h12-13,15-16,18H,3-10H2,1-2H3/b14-11-/t12-,13+,15+,16-,18?,19-,20?/m1/s1. The molecular formula is C20H27ClO2. The van der Waals surface area contributed by atoms with E-state index in [1.165, 1.54) is 32.1 Å². The maximum absolute atomic E-state index is 12.1. The molecule has 1 aliphatic heterocycles. The molecule has 1 saturated heterocycles. The number of allylic oxidation sites excluding steroid dienone is 2. The lowest BCUT2D eigenvalue weighted by atomic mass is 9.50. The maximum atomic E-state index is 12.1. The molecule has 5 fully saturated rings. The molecule has 0 aromatic carbocycles. The first-order valence-electron chi connectivity index (χ1n) is 9.53. The van der Waals surface area contributed by atoms with Crippen LogP contribution >= 0.6 is 11.6 Å². The summed E-state index contributed by atoms with van der Waals surface area (Å²) in [5.41, 5.74) is 1.86. The SMILES string of the molecule is C/C(Cl)=C1\CC[C@H]2[C@@H]3CCC45OC4C(=O)CC[C@@H]5[C@H]3CC[C@]12C. The fourth-order valence-electron chi connectivity index (χ4n) is 7.43. The average Bonchev–Trinajstić information content (AvgIpc) is 3.14. The molecule has 1 heterocycles. The second kappa shape index (κ2) is 4.64. The van der Waals surface area contributed by atoms with E-state index in [-0.39, 0.29) is 11.7 Å². The fourth-order valence-corrected chi connectivity index (χ4v) is 7.74. The number of Topliss-reactive ketones (excluding diaryl/α,β-unsaturated/α-hetero) is 1. The van der Waals surface area contributed by atoms with E-state index in [1.807, 2.05) is 0 Å². The largest absolute Gasteiger partial charge is 0.357 e. The van der Waals surface area contributed by atoms with Gasteiger partial charge in [-0.3, -0.25) is 4.79 Å². The van der Waals surface area contributed by atoms with Crippen molar-refractivity contribution in [2.24, 2.45) is 29.1 Å². The van der Waals surface area contributed by atoms with Gasteiger partial charge in [0.15, 0.2) is 5.78 Å². The van der Waals surface area contributed by atoms with Crippen LogP contribution in [0, 0.1) is 29.1 Å². The van der Waals surface area contributed by atoms with Gasteiger partial charge in [-0.25, -0.2) is 0 Å². The van der Waals surface area contributed by atoms with Gasteiger partial charge in [0, 0.05) is 11.5 Å². The Morgan fingerprint density at radius 2 is 1.78 bits per heavy atom. The van der Waals surface area contributed by atoms with Gasteiger partial charge in [0.25, 0.3) is 0 Å². The van der Waals surface area contributed by atoms with Gasteiger partial charge in [0.2, 0.25) is 0 Å². The molecule has 5 aliphatic rings. The van der Waals surface area contributed by atoms with E-state index < -0.39 is 0 Å². The predicted molar refractivity (Wildman–Crippen MR) is 90.2 cm³/mol. The Kier molecular flexibility index (Phi) is 3.01. The first kappa shape index (κ1) is 15.0. The number of rotatable bonds is 0. The third kappa shape index (κ3) is 1.78. The summed E-state index contributed by atoms with van der Waals surface area (Å²) in [4.78, 5) is 12.1. The molecule has 0 aromatic rings. The predicted octanol–water partition coefficient (Wildman–Crippen LogP) is 4.85. The van der Waals surface area contributed by atoms with Crippen LogP contribution in [0.1, 0.15) is 65.2 Å². The molecule has 7 atom stereocenters. The molecule has 3 heteroatoms. The minimum Gasteiger partial charge on any atom is -0.357 e. The minimum atomic E-state index is -0.0281. The van der Waals surface area contributed by atoms with Gasteiger partial charge >= 0.3 is 0 Å². The summed E-state index contributed by atoms with van der Waals surface area (Å²) in [6, 6.07) is 0. The molecule has 0 bridgehead atoms. The van der Waals surface area contributed by atoms with Crippen molar-refractivity contribution in [2.75, 3.05) is 0 Å². The Bertz CT molecular complexity index is 607. The van der Waals surface area contributed by atoms with E-state index in [0.29, 0.717) is 17.1 Å². The summed E-state index contributed by atoms with van der Waals surface area (Å²) in [6.07, 6.45) is 9.31. The molecule has 0 amide bonds. The Morgan fingerprint density at radius 3 is 2.57 bits per heavy atom. The van der Waals surface area contributed by atoms with Crippen LogP contribution in [-0.4, -0.2) is 17.5 Å². The Morgan fingerprint density at radius 1 is 1.09 bits per heavy atom. The molecule has 5 rings (SSSR count). The highest BCUT2D eigenvalue weighted by molar-refractivity contribution is 6.29. The molecule has 23 heavy (non-hydrogen) atoms. The third-order valence-corrected chi connectivity index (χ3v) is 8.65. The lowest BCUT2D eigenvalue weighted by Gasteiger charge is -2.54. The van der Waals surface area contributed by atoms with Crippen LogP contribution in [0.25, 0.3) is 0 Å². The average molecular weight is 335 g/mol. The molecule has 2 unspecified atom stereocenters. The summed E-state index contributed by atoms with van der Waals surface area (Å²) < 4.78 is 6.05. The van der Waals surface area contributed by atoms with E-state index >= 15 is 0 Å². The number of carbonyl (C=O) groups excluding carboxylic acids is 1. The smallest absolute Gasteiger partial charge is 0.164 e. The van der Waals surface area contributed by atoms with Gasteiger partial charge in [-0.2, -0.15) is 0 Å². The molecule has 2 nitrogen and oxygen atoms in total. The summed E-state index contributed by atoms with van der Waals surface area (Å²) in [5.74, 6) is 3.45. The lowest BCUT2D eigenvalue weighted by molar-refractivity contribution is -0.122. The number of fused-ring (bicyclic) bond motifs is 4. The number of hydrogen-bond acceptors (Lipinski definition) is 2. The molecule has 126 valence electrons. The van der Waals surface area contributed by atoms with Crippen molar-refractivity contribution < 1.29 is 9.53 Å². The number of epoxide rings is 1. The zero-order chi connectivity index (χ0) is 16.0. The highest BCUT2D eigenvalue weighted by Crippen LogP contribution is 2.68. The van der Waals surface area contributed by atoms with E-state index in [1.54, 1.807) is 5.57 Å². The van der Waals surface area contributed by atoms with E-state index in [0.717, 1.165) is 42.0 Å². The molecular weight excluding hydrogens is 308 g/mol. The van der Waals surface area contributed by atoms with E-state index in [2.05, 4.69) is 13.8 Å². The Labute approximate surface area is 144 Å². The van der Waals surface area contributed by atoms with Gasteiger partial charge in [-0.1, -0.05) is 18.5 Å². The van der Waals surface area contributed by atoms with Crippen molar-refractivity contribution >= 4 is 17.4 Å². The van der Waals surface area contributed by atoms with Crippen molar-refractivity contribution in [3.63, 3.8) is 0 Å². The van der Waals surface area contributed by atoms with Gasteiger partial charge in [0.05, 0.1) is 0 Å². The molecule has 4 saturated carbocycles. The number of carbonyl (C=O) groups is 1. The Balaban J connectivity index is 1.47. The second-order valence-electron chi connectivity index (χ2n) is 9.04. The molecule has 4 aliphatic carbocycles. The minimum absolute atomic E-state index is 0.0239. The molecule has 0 radical (unpaired) electrons. The summed E-state index contributed by atoms with van der Waals surface area (Å²) in [6.45, 7) is 4.56. The van der Waals surface area contributed by atoms with Crippen molar-refractivity contribution in [1.82, 2.24) is 0 Å². The van der Waals surface area contributed by atoms with Crippen molar-refractivity contribution in [3.8, 4) is 0 Å². The molecule has 1 spiro atoms. The second-order valence-corrected chi connectivity index (χ2v) is 9.61. The number of ether oxygens (including phenoxy) is 1. The van der Waals surface area contributed by atoms with Crippen molar-refractivity contribution in [3.05, 3.63) is 10.6 Å². The van der Waals surface area contributed by atoms with Crippen molar-refractivity contribution in [2.45, 2.75) is 76.9 Å². The van der Waals surface area contributed by atoms with Crippen molar-refractivity contribution in [1.29, 1.82) is 0 Å². The van der Waals surface area contributed by atoms with Gasteiger partial charge in [0.1, 0.15) is 11.7 Å². The lowest BCUT2D eigenvalue weighted by Crippen LogP contribution is -2.51. The molecule has 0 aromatic heterocycles. The first-order chi connectivity index (χ1) is 11.0. The van der Waals surface area contributed by atoms with Crippen LogP contribution in [0.15, 0.2) is 10.6 Å². The van der Waals surface area contributed by atoms with Gasteiger partial charge in [-0.05, 0) is 86.5 Å². The number of hydrogen-bond donors (Lipinski definition) is 0. The normalized spacial score (nSPS) is 56.3. The topological polar surface area (TPSA) is 29.6 Å². The summed E-state index contributed by atoms with van der Waals surface area (Å²) in [7, 11) is 0. The zero-order valence-electron chi connectivity index (χ0n) is 14.2. The molecule has 0 N–H and O–H groups in total. The van der Waals surface area contributed by atoms with Crippen LogP contribution in [0.4, 0.5) is 0 Å². The highest BCUT2D eigenvalue weighted by Gasteiger charge is 2.71. The maximum Gasteiger partial charge on any atom is 0.164 e. The highest BCUT2D eigenvalue weighted by atomic mass is 35.5. The third-order valence-electron chi connectivity index (χ3n) is 8.42. The van der Waals surface area contributed by atoms with Gasteiger partial charge < -0.3 is 4.74 Å². The van der Waals surface area contributed by atoms with Crippen LogP contribution in [0.3, 0.4) is 0 Å². The first-order valence-corrected chi connectivity index (χ1v) is 9.91. The van der Waals surface area contributed by atoms with Crippen LogP contribution < -0.4 is 0 Å². The fraction of sp³-hybridized carbons (Fsp3) is 0.850. The summed E-state index contributed by atoms with van der Waals surface area (Å²) >= 11 is 6.45. The number of ketones is 1. The van der Waals surface area contributed by atoms with E-state index in [4.69, 9.17) is 16.3 Å². The van der Waals surface area contributed by atoms with Gasteiger partial charge in [-0.15, -0.1) is 0 Å². The summed E-state index contributed by atoms with van der Waals surface area (Å²) in [5, 5.41) is 1.05. The number of halogens is 1. The zero-order valence-corrected chi connectivity index (χ0v) is 15.0.